The number of aromatic nitrogens is 4. The normalized spacial score (nSPS) is 12.0. The van der Waals surface area contributed by atoms with Crippen molar-refractivity contribution in [3.05, 3.63) is 87.9 Å². The molecule has 0 radical (unpaired) electrons. The second-order valence-corrected chi connectivity index (χ2v) is 9.42. The van der Waals surface area contributed by atoms with Gasteiger partial charge < -0.3 is 4.98 Å². The molecule has 34 heavy (non-hydrogen) atoms. The van der Waals surface area contributed by atoms with Gasteiger partial charge in [-0.25, -0.2) is 22.7 Å². The van der Waals surface area contributed by atoms with Crippen molar-refractivity contribution in [1.29, 1.82) is 0 Å². The van der Waals surface area contributed by atoms with Crippen molar-refractivity contribution >= 4 is 15.5 Å². The van der Waals surface area contributed by atoms with Crippen molar-refractivity contribution in [3.8, 4) is 22.8 Å². The quantitative estimate of drug-likeness (QED) is 0.435. The molecule has 1 N–H and O–H groups in total. The maximum atomic E-state index is 13.2. The first-order valence-corrected chi connectivity index (χ1v) is 11.6. The van der Waals surface area contributed by atoms with Crippen LogP contribution in [0, 0.1) is 13.5 Å². The number of hydrogen-bond acceptors (Lipinski definition) is 4. The van der Waals surface area contributed by atoms with E-state index >= 15 is 0 Å². The Morgan fingerprint density at radius 1 is 1.12 bits per heavy atom. The van der Waals surface area contributed by atoms with E-state index in [0.717, 1.165) is 23.0 Å². The van der Waals surface area contributed by atoms with E-state index in [1.165, 1.54) is 47.3 Å². The Hall–Kier alpha value is -4.11. The summed E-state index contributed by atoms with van der Waals surface area (Å²) in [7, 11) is -3.75. The van der Waals surface area contributed by atoms with Crippen molar-refractivity contribution in [3.63, 3.8) is 0 Å². The number of sulfone groups is 1. The largest absolute Gasteiger partial charge is 0.416 e. The number of H-pyrrole nitrogens is 1. The number of rotatable bonds is 4. The van der Waals surface area contributed by atoms with Crippen LogP contribution in [0.1, 0.15) is 11.3 Å². The zero-order valence-electron chi connectivity index (χ0n) is 17.8. The third-order valence-corrected chi connectivity index (χ3v) is 6.29. The van der Waals surface area contributed by atoms with Crippen LogP contribution in [0.25, 0.3) is 27.6 Å². The molecule has 0 aliphatic heterocycles. The Kier molecular flexibility index (Phi) is 5.45. The van der Waals surface area contributed by atoms with Gasteiger partial charge in [-0.1, -0.05) is 12.1 Å². The summed E-state index contributed by atoms with van der Waals surface area (Å²) in [6, 6.07) is 9.99. The van der Waals surface area contributed by atoms with Gasteiger partial charge in [0.2, 0.25) is 0 Å². The third kappa shape index (κ3) is 4.01. The first-order valence-electron chi connectivity index (χ1n) is 9.67. The second kappa shape index (κ2) is 8.03. The van der Waals surface area contributed by atoms with Crippen LogP contribution < -0.4 is 5.69 Å². The Morgan fingerprint density at radius 2 is 1.85 bits per heavy atom. The first-order chi connectivity index (χ1) is 15.9. The molecule has 2 aromatic heterocycles. The molecule has 2 heterocycles. The molecule has 12 heteroatoms. The summed E-state index contributed by atoms with van der Waals surface area (Å²) >= 11 is 0. The molecule has 2 aromatic carbocycles. The Balaban J connectivity index is 1.91. The maximum absolute atomic E-state index is 13.2. The standard InChI is InChI=1S/C22H16F3N5O3S/c1-13-20(28-21(31)29(13)16-6-4-5-14(11-16)22(23,24)25)18-9-10-27-30(18)17-8-7-15(26-2)12-19(17)34(3,32)33/h4-12H,1,3H3,(H,28,31). The van der Waals surface area contributed by atoms with E-state index < -0.39 is 27.3 Å². The minimum Gasteiger partial charge on any atom is -0.304 e. The minimum atomic E-state index is -4.58. The van der Waals surface area contributed by atoms with Gasteiger partial charge in [0.1, 0.15) is 0 Å². The molecule has 0 fully saturated rings. The molecule has 4 rings (SSSR count). The van der Waals surface area contributed by atoms with Gasteiger partial charge in [-0.2, -0.15) is 18.3 Å². The summed E-state index contributed by atoms with van der Waals surface area (Å²) in [5.74, 6) is 0. The molecular weight excluding hydrogens is 471 g/mol. The number of aromatic amines is 1. The lowest BCUT2D eigenvalue weighted by Crippen LogP contribution is -2.16. The van der Waals surface area contributed by atoms with Crippen molar-refractivity contribution < 1.29 is 21.6 Å². The fourth-order valence-corrected chi connectivity index (χ4v) is 4.50. The van der Waals surface area contributed by atoms with Gasteiger partial charge in [-0.05, 0) is 43.3 Å². The molecular formula is C22H16F3N5O3S. The highest BCUT2D eigenvalue weighted by Gasteiger charge is 2.31. The smallest absolute Gasteiger partial charge is 0.304 e. The Morgan fingerprint density at radius 3 is 2.50 bits per heavy atom. The molecule has 0 saturated carbocycles. The molecule has 0 spiro atoms. The van der Waals surface area contributed by atoms with Gasteiger partial charge in [0.25, 0.3) is 0 Å². The topological polar surface area (TPSA) is 94.1 Å². The average molecular weight is 487 g/mol. The van der Waals surface area contributed by atoms with Crippen molar-refractivity contribution in [2.45, 2.75) is 18.0 Å². The highest BCUT2D eigenvalue weighted by Crippen LogP contribution is 2.32. The van der Waals surface area contributed by atoms with Crippen LogP contribution in [-0.4, -0.2) is 34.0 Å². The van der Waals surface area contributed by atoms with Gasteiger partial charge in [0, 0.05) is 6.26 Å². The fraction of sp³-hybridized carbons (Fsp3) is 0.136. The summed E-state index contributed by atoms with van der Waals surface area (Å²) in [6.45, 7) is 8.70. The second-order valence-electron chi connectivity index (χ2n) is 7.44. The number of halogens is 3. The number of imidazole rings is 1. The highest BCUT2D eigenvalue weighted by molar-refractivity contribution is 7.90. The SMILES string of the molecule is [C-]#[N+]c1ccc(-n2nccc2-c2[nH]c(=O)n(-c3cccc(C(F)(F)F)c3)c2C)c(S(C)(=O)=O)c1. The fourth-order valence-electron chi connectivity index (χ4n) is 3.63. The van der Waals surface area contributed by atoms with E-state index in [-0.39, 0.29) is 27.7 Å². The summed E-state index contributed by atoms with van der Waals surface area (Å²) in [5.41, 5.74) is -0.434. The van der Waals surface area contributed by atoms with Gasteiger partial charge in [0.15, 0.2) is 15.5 Å². The molecule has 0 atom stereocenters. The summed E-state index contributed by atoms with van der Waals surface area (Å²) in [5, 5.41) is 4.19. The predicted octanol–water partition coefficient (Wildman–Crippen LogP) is 4.30. The minimum absolute atomic E-state index is 0.0177. The van der Waals surface area contributed by atoms with Crippen LogP contribution in [-0.2, 0) is 16.0 Å². The van der Waals surface area contributed by atoms with Crippen molar-refractivity contribution in [1.82, 2.24) is 19.3 Å². The summed E-state index contributed by atoms with van der Waals surface area (Å²) in [4.78, 5) is 18.5. The predicted molar refractivity (Wildman–Crippen MR) is 118 cm³/mol. The molecule has 0 amide bonds. The average Bonchev–Trinajstić information content (AvgIpc) is 3.36. The maximum Gasteiger partial charge on any atom is 0.416 e. The van der Waals surface area contributed by atoms with Crippen LogP contribution in [0.2, 0.25) is 0 Å². The van der Waals surface area contributed by atoms with E-state index in [9.17, 15) is 26.4 Å². The summed E-state index contributed by atoms with van der Waals surface area (Å²) < 4.78 is 66.7. The van der Waals surface area contributed by atoms with Gasteiger partial charge >= 0.3 is 11.9 Å². The molecule has 0 aliphatic carbocycles. The Bertz CT molecular complexity index is 1620. The third-order valence-electron chi connectivity index (χ3n) is 5.16. The van der Waals surface area contributed by atoms with Crippen LogP contribution >= 0.6 is 0 Å². The van der Waals surface area contributed by atoms with Crippen LogP contribution in [0.15, 0.2) is 64.4 Å². The van der Waals surface area contributed by atoms with Gasteiger partial charge in [0.05, 0.1) is 51.7 Å². The van der Waals surface area contributed by atoms with E-state index in [2.05, 4.69) is 14.9 Å². The van der Waals surface area contributed by atoms with Crippen LogP contribution in [0.5, 0.6) is 0 Å². The lowest BCUT2D eigenvalue weighted by molar-refractivity contribution is -0.137. The van der Waals surface area contributed by atoms with Crippen molar-refractivity contribution in [2.24, 2.45) is 0 Å². The van der Waals surface area contributed by atoms with E-state index in [4.69, 9.17) is 6.57 Å². The lowest BCUT2D eigenvalue weighted by Gasteiger charge is -2.13. The molecule has 8 nitrogen and oxygen atoms in total. The van der Waals surface area contributed by atoms with E-state index in [1.807, 2.05) is 0 Å². The zero-order chi connectivity index (χ0) is 24.8. The van der Waals surface area contributed by atoms with Crippen LogP contribution in [0.4, 0.5) is 18.9 Å². The van der Waals surface area contributed by atoms with Gasteiger partial charge in [-0.15, -0.1) is 0 Å². The van der Waals surface area contributed by atoms with E-state index in [0.29, 0.717) is 11.4 Å². The number of nitrogens with zero attached hydrogens (tertiary/aromatic N) is 4. The van der Waals surface area contributed by atoms with E-state index in [1.54, 1.807) is 6.92 Å². The number of nitrogens with one attached hydrogen (secondary N) is 1. The molecule has 174 valence electrons. The first kappa shape index (κ1) is 23.1. The highest BCUT2D eigenvalue weighted by atomic mass is 32.2. The molecule has 0 saturated heterocycles. The molecule has 4 aromatic rings. The number of alkyl halides is 3. The monoisotopic (exact) mass is 487 g/mol. The zero-order valence-corrected chi connectivity index (χ0v) is 18.6. The Labute approximate surface area is 191 Å². The summed E-state index contributed by atoms with van der Waals surface area (Å²) in [6.07, 6.45) is -2.19. The lowest BCUT2D eigenvalue weighted by atomic mass is 10.2. The van der Waals surface area contributed by atoms with Gasteiger partial charge in [-0.3, -0.25) is 4.57 Å². The number of hydrogen-bond donors (Lipinski definition) is 1. The molecule has 0 aliphatic rings. The van der Waals surface area contributed by atoms with Crippen LogP contribution in [0.3, 0.4) is 0 Å². The number of benzene rings is 2. The molecule has 0 unspecified atom stereocenters. The van der Waals surface area contributed by atoms with Crippen molar-refractivity contribution in [2.75, 3.05) is 6.26 Å². The molecule has 0 bridgehead atoms.